The molecule has 1 N–H and O–H groups in total. The largest absolute Gasteiger partial charge is 0.506 e. The van der Waals surface area contributed by atoms with Gasteiger partial charge in [0.1, 0.15) is 28.9 Å². The van der Waals surface area contributed by atoms with Crippen LogP contribution >= 0.6 is 0 Å². The molecular formula is C21H22N2O6. The van der Waals surface area contributed by atoms with Crippen LogP contribution in [0.15, 0.2) is 48.2 Å². The molecule has 1 amide bonds. The van der Waals surface area contributed by atoms with E-state index in [9.17, 15) is 14.7 Å². The van der Waals surface area contributed by atoms with Gasteiger partial charge >= 0.3 is 0 Å². The first-order valence-corrected chi connectivity index (χ1v) is 8.94. The first-order chi connectivity index (χ1) is 14.0. The van der Waals surface area contributed by atoms with Gasteiger partial charge in [0.05, 0.1) is 32.1 Å². The molecule has 8 nitrogen and oxygen atoms in total. The molecule has 1 atom stereocenters. The van der Waals surface area contributed by atoms with Gasteiger partial charge in [-0.15, -0.1) is 0 Å². The number of ketones is 1. The molecule has 3 rings (SSSR count). The quantitative estimate of drug-likeness (QED) is 0.434. The minimum absolute atomic E-state index is 0.0763. The number of hydrogen-bond donors (Lipinski definition) is 1. The van der Waals surface area contributed by atoms with Gasteiger partial charge in [-0.25, -0.2) is 0 Å². The minimum Gasteiger partial charge on any atom is -0.506 e. The summed E-state index contributed by atoms with van der Waals surface area (Å²) >= 11 is 0. The van der Waals surface area contributed by atoms with Crippen LogP contribution in [0.25, 0.3) is 5.76 Å². The molecule has 1 aromatic heterocycles. The van der Waals surface area contributed by atoms with Gasteiger partial charge in [0.2, 0.25) is 0 Å². The number of carbonyl (C=O) groups is 2. The molecule has 1 saturated heterocycles. The van der Waals surface area contributed by atoms with Crippen LogP contribution in [0.1, 0.15) is 17.3 Å². The van der Waals surface area contributed by atoms with Gasteiger partial charge in [-0.05, 0) is 24.3 Å². The van der Waals surface area contributed by atoms with Gasteiger partial charge in [-0.2, -0.15) is 0 Å². The predicted octanol–water partition coefficient (Wildman–Crippen LogP) is 2.17. The summed E-state index contributed by atoms with van der Waals surface area (Å²) < 4.78 is 15.8. The fourth-order valence-electron chi connectivity index (χ4n) is 3.36. The predicted molar refractivity (Wildman–Crippen MR) is 105 cm³/mol. The molecule has 1 fully saturated rings. The zero-order valence-electron chi connectivity index (χ0n) is 16.4. The van der Waals surface area contributed by atoms with Gasteiger partial charge in [-0.1, -0.05) is 12.1 Å². The summed E-state index contributed by atoms with van der Waals surface area (Å²) in [6.45, 7) is 0.399. The number of Topliss-reactive ketones (excluding diaryl/α,β-unsaturated/α-hetero) is 1. The third kappa shape index (κ3) is 3.66. The van der Waals surface area contributed by atoms with Crippen molar-refractivity contribution >= 4 is 17.4 Å². The first kappa shape index (κ1) is 20.3. The third-order valence-corrected chi connectivity index (χ3v) is 4.71. The lowest BCUT2D eigenvalue weighted by Gasteiger charge is -2.24. The molecule has 2 aromatic rings. The molecule has 29 heavy (non-hydrogen) atoms. The Kier molecular flexibility index (Phi) is 6.13. The summed E-state index contributed by atoms with van der Waals surface area (Å²) in [5.74, 6) is -1.29. The van der Waals surface area contributed by atoms with Gasteiger partial charge < -0.3 is 24.2 Å². The Labute approximate surface area is 168 Å². The first-order valence-electron chi connectivity index (χ1n) is 8.94. The Hall–Kier alpha value is -3.39. The maximum absolute atomic E-state index is 12.9. The number of likely N-dealkylation sites (tertiary alicyclic amines) is 1. The molecule has 0 spiro atoms. The van der Waals surface area contributed by atoms with E-state index in [0.717, 1.165) is 0 Å². The number of carbonyl (C=O) groups excluding carboxylic acids is 2. The van der Waals surface area contributed by atoms with Crippen LogP contribution in [0.3, 0.4) is 0 Å². The summed E-state index contributed by atoms with van der Waals surface area (Å²) in [4.78, 5) is 31.3. The van der Waals surface area contributed by atoms with E-state index in [-0.39, 0.29) is 30.0 Å². The van der Waals surface area contributed by atoms with E-state index in [4.69, 9.17) is 14.2 Å². The van der Waals surface area contributed by atoms with Crippen LogP contribution < -0.4 is 9.47 Å². The van der Waals surface area contributed by atoms with Crippen LogP contribution in [-0.4, -0.2) is 61.2 Å². The third-order valence-electron chi connectivity index (χ3n) is 4.71. The monoisotopic (exact) mass is 398 g/mol. The van der Waals surface area contributed by atoms with Crippen molar-refractivity contribution in [2.24, 2.45) is 0 Å². The second kappa shape index (κ2) is 8.74. The summed E-state index contributed by atoms with van der Waals surface area (Å²) in [6.07, 6.45) is 1.56. The van der Waals surface area contributed by atoms with Crippen molar-refractivity contribution in [3.8, 4) is 11.5 Å². The molecule has 0 saturated carbocycles. The van der Waals surface area contributed by atoms with Gasteiger partial charge in [0.25, 0.3) is 11.7 Å². The lowest BCUT2D eigenvalue weighted by Crippen LogP contribution is -2.33. The lowest BCUT2D eigenvalue weighted by molar-refractivity contribution is -0.140. The average Bonchev–Trinajstić information content (AvgIpc) is 3.01. The molecule has 2 heterocycles. The maximum Gasteiger partial charge on any atom is 0.295 e. The maximum atomic E-state index is 12.9. The number of amides is 1. The van der Waals surface area contributed by atoms with Crippen molar-refractivity contribution in [3.63, 3.8) is 0 Å². The summed E-state index contributed by atoms with van der Waals surface area (Å²) in [5, 5.41) is 11.2. The van der Waals surface area contributed by atoms with Crippen LogP contribution in [-0.2, 0) is 14.3 Å². The fraction of sp³-hybridized carbons (Fsp3) is 0.286. The van der Waals surface area contributed by atoms with Crippen LogP contribution in [0, 0.1) is 0 Å². The molecule has 152 valence electrons. The van der Waals surface area contributed by atoms with Crippen molar-refractivity contribution in [1.82, 2.24) is 9.88 Å². The number of hydrogen-bond acceptors (Lipinski definition) is 7. The highest BCUT2D eigenvalue weighted by molar-refractivity contribution is 6.46. The normalized spacial score (nSPS) is 18.2. The van der Waals surface area contributed by atoms with Crippen LogP contribution in [0.4, 0.5) is 0 Å². The molecular weight excluding hydrogens is 376 g/mol. The van der Waals surface area contributed by atoms with Crippen molar-refractivity contribution < 1.29 is 28.9 Å². The lowest BCUT2D eigenvalue weighted by atomic mass is 9.97. The second-order valence-electron chi connectivity index (χ2n) is 6.28. The Balaban J connectivity index is 2.25. The van der Waals surface area contributed by atoms with Crippen molar-refractivity contribution in [3.05, 3.63) is 59.4 Å². The topological polar surface area (TPSA) is 98.2 Å². The molecule has 8 heteroatoms. The smallest absolute Gasteiger partial charge is 0.295 e. The molecule has 1 unspecified atom stereocenters. The number of pyridine rings is 1. The van der Waals surface area contributed by atoms with Crippen molar-refractivity contribution in [2.45, 2.75) is 6.04 Å². The van der Waals surface area contributed by atoms with Crippen LogP contribution in [0.2, 0.25) is 0 Å². The number of ether oxygens (including phenoxy) is 3. The number of rotatable bonds is 7. The van der Waals surface area contributed by atoms with Gasteiger partial charge in [0, 0.05) is 19.9 Å². The molecule has 0 bridgehead atoms. The van der Waals surface area contributed by atoms with E-state index < -0.39 is 17.7 Å². The Bertz CT molecular complexity index is 919. The van der Waals surface area contributed by atoms with Gasteiger partial charge in [-0.3, -0.25) is 14.6 Å². The van der Waals surface area contributed by atoms with Crippen molar-refractivity contribution in [2.75, 3.05) is 34.5 Å². The highest BCUT2D eigenvalue weighted by Gasteiger charge is 2.47. The van der Waals surface area contributed by atoms with E-state index in [1.807, 2.05) is 0 Å². The number of aliphatic hydroxyl groups excluding tert-OH is 1. The number of aromatic nitrogens is 1. The average molecular weight is 398 g/mol. The van der Waals surface area contributed by atoms with E-state index in [1.165, 1.54) is 26.2 Å². The van der Waals surface area contributed by atoms with Gasteiger partial charge in [0.15, 0.2) is 0 Å². The summed E-state index contributed by atoms with van der Waals surface area (Å²) in [7, 11) is 4.39. The zero-order valence-corrected chi connectivity index (χ0v) is 16.4. The number of nitrogens with zero attached hydrogens (tertiary/aromatic N) is 2. The van der Waals surface area contributed by atoms with E-state index in [0.29, 0.717) is 17.2 Å². The number of aliphatic hydroxyl groups is 1. The Morgan fingerprint density at radius 2 is 1.76 bits per heavy atom. The SMILES string of the molecule is COCCN1C(=O)C(=O)/C(=C(/O)c2c(OC)cccc2OC)C1c1ccccn1. The Morgan fingerprint density at radius 3 is 2.31 bits per heavy atom. The number of benzene rings is 1. The highest BCUT2D eigenvalue weighted by atomic mass is 16.5. The standard InChI is InChI=1S/C21H22N2O6/c1-27-12-11-23-18(13-7-4-5-10-22-13)17(20(25)21(23)26)19(24)16-14(28-2)8-6-9-15(16)29-3/h4-10,18,24H,11-12H2,1-3H3/b19-17+. The highest BCUT2D eigenvalue weighted by Crippen LogP contribution is 2.42. The molecule has 0 aliphatic carbocycles. The van der Waals surface area contributed by atoms with E-state index in [2.05, 4.69) is 4.98 Å². The van der Waals surface area contributed by atoms with E-state index in [1.54, 1.807) is 42.6 Å². The molecule has 1 aliphatic heterocycles. The molecule has 1 aliphatic rings. The minimum atomic E-state index is -0.860. The summed E-state index contributed by atoms with van der Waals surface area (Å²) in [5.41, 5.74) is 0.578. The second-order valence-corrected chi connectivity index (χ2v) is 6.28. The fourth-order valence-corrected chi connectivity index (χ4v) is 3.36. The Morgan fingerprint density at radius 1 is 1.07 bits per heavy atom. The number of methoxy groups -OCH3 is 3. The molecule has 1 aromatic carbocycles. The zero-order chi connectivity index (χ0) is 21.0. The van der Waals surface area contributed by atoms with E-state index >= 15 is 0 Å². The summed E-state index contributed by atoms with van der Waals surface area (Å²) in [6, 6.07) is 9.28. The molecule has 0 radical (unpaired) electrons. The van der Waals surface area contributed by atoms with Crippen LogP contribution in [0.5, 0.6) is 11.5 Å². The van der Waals surface area contributed by atoms with Crippen molar-refractivity contribution in [1.29, 1.82) is 0 Å².